The number of rotatable bonds is 7. The number of carbonyl (C=O) groups excluding carboxylic acids is 3. The van der Waals surface area contributed by atoms with Gasteiger partial charge < -0.3 is 10.6 Å². The van der Waals surface area contributed by atoms with Gasteiger partial charge in [-0.25, -0.2) is 4.98 Å². The molecule has 1 saturated carbocycles. The molecule has 158 valence electrons. The van der Waals surface area contributed by atoms with E-state index in [0.29, 0.717) is 27.6 Å². The summed E-state index contributed by atoms with van der Waals surface area (Å²) in [7, 11) is 0. The molecule has 9 heteroatoms. The Labute approximate surface area is 187 Å². The number of anilines is 2. The van der Waals surface area contributed by atoms with Crippen molar-refractivity contribution in [2.24, 2.45) is 0 Å². The zero-order chi connectivity index (χ0) is 21.8. The smallest absolute Gasteiger partial charge is 0.257 e. The minimum absolute atomic E-state index is 0.0409. The van der Waals surface area contributed by atoms with Crippen LogP contribution in [0.15, 0.2) is 53.9 Å². The third-order valence-electron chi connectivity index (χ3n) is 4.56. The quantitative estimate of drug-likeness (QED) is 0.499. The van der Waals surface area contributed by atoms with Gasteiger partial charge in [-0.05, 0) is 43.2 Å². The van der Waals surface area contributed by atoms with E-state index in [0.717, 1.165) is 12.8 Å². The summed E-state index contributed by atoms with van der Waals surface area (Å²) >= 11 is 7.46. The Hall–Kier alpha value is -3.23. The van der Waals surface area contributed by atoms with Crippen LogP contribution in [0.4, 0.5) is 10.8 Å². The fourth-order valence-corrected chi connectivity index (χ4v) is 3.81. The van der Waals surface area contributed by atoms with E-state index in [4.69, 9.17) is 11.6 Å². The Morgan fingerprint density at radius 2 is 1.81 bits per heavy atom. The minimum atomic E-state index is -0.280. The fraction of sp³-hybridized carbons (Fsp3) is 0.182. The largest absolute Gasteiger partial charge is 0.349 e. The molecule has 3 N–H and O–H groups in total. The van der Waals surface area contributed by atoms with Crippen LogP contribution in [-0.4, -0.2) is 28.7 Å². The number of aromatic nitrogens is 1. The number of nitrogens with one attached hydrogen (secondary N) is 3. The van der Waals surface area contributed by atoms with Crippen LogP contribution in [0, 0.1) is 0 Å². The Kier molecular flexibility index (Phi) is 6.29. The van der Waals surface area contributed by atoms with Gasteiger partial charge in [0.05, 0.1) is 22.7 Å². The zero-order valence-corrected chi connectivity index (χ0v) is 17.9. The molecule has 1 aliphatic rings. The van der Waals surface area contributed by atoms with Crippen molar-refractivity contribution in [1.29, 1.82) is 0 Å². The summed E-state index contributed by atoms with van der Waals surface area (Å²) in [5, 5.41) is 10.8. The van der Waals surface area contributed by atoms with Crippen LogP contribution < -0.4 is 16.0 Å². The Bertz CT molecular complexity index is 1130. The van der Waals surface area contributed by atoms with Gasteiger partial charge in [0, 0.05) is 22.7 Å². The van der Waals surface area contributed by atoms with Crippen molar-refractivity contribution in [3.8, 4) is 0 Å². The van der Waals surface area contributed by atoms with Gasteiger partial charge in [0.1, 0.15) is 0 Å². The van der Waals surface area contributed by atoms with E-state index in [-0.39, 0.29) is 35.2 Å². The van der Waals surface area contributed by atoms with Crippen LogP contribution in [0.3, 0.4) is 0 Å². The van der Waals surface area contributed by atoms with Crippen LogP contribution in [-0.2, 0) is 11.2 Å². The van der Waals surface area contributed by atoms with Gasteiger partial charge in [-0.15, -0.1) is 11.3 Å². The van der Waals surface area contributed by atoms with E-state index < -0.39 is 0 Å². The molecule has 3 amide bonds. The Balaban J connectivity index is 1.32. The number of hydrogen-bond donors (Lipinski definition) is 3. The molecule has 1 aromatic heterocycles. The van der Waals surface area contributed by atoms with E-state index in [2.05, 4.69) is 20.9 Å². The fourth-order valence-electron chi connectivity index (χ4n) is 2.84. The maximum atomic E-state index is 12.4. The van der Waals surface area contributed by atoms with Gasteiger partial charge in [0.2, 0.25) is 5.91 Å². The average Bonchev–Trinajstić information content (AvgIpc) is 3.46. The average molecular weight is 455 g/mol. The second-order valence-electron chi connectivity index (χ2n) is 7.13. The van der Waals surface area contributed by atoms with Crippen molar-refractivity contribution < 1.29 is 14.4 Å². The highest BCUT2D eigenvalue weighted by Crippen LogP contribution is 2.24. The first-order chi connectivity index (χ1) is 15.0. The van der Waals surface area contributed by atoms with Gasteiger partial charge >= 0.3 is 0 Å². The van der Waals surface area contributed by atoms with Gasteiger partial charge in [0.15, 0.2) is 5.13 Å². The summed E-state index contributed by atoms with van der Waals surface area (Å²) in [4.78, 5) is 41.0. The first-order valence-electron chi connectivity index (χ1n) is 9.69. The Morgan fingerprint density at radius 3 is 2.52 bits per heavy atom. The predicted molar refractivity (Wildman–Crippen MR) is 121 cm³/mol. The molecule has 0 aliphatic heterocycles. The molecule has 7 nitrogen and oxygen atoms in total. The maximum absolute atomic E-state index is 12.4. The lowest BCUT2D eigenvalue weighted by Gasteiger charge is -2.09. The number of thiazole rings is 1. The van der Waals surface area contributed by atoms with Crippen molar-refractivity contribution in [3.63, 3.8) is 0 Å². The third-order valence-corrected chi connectivity index (χ3v) is 5.68. The van der Waals surface area contributed by atoms with Crippen LogP contribution >= 0.6 is 22.9 Å². The third kappa shape index (κ3) is 5.68. The second kappa shape index (κ2) is 9.28. The molecular formula is C22H19ClN4O3S. The number of hydrogen-bond acceptors (Lipinski definition) is 5. The SMILES string of the molecule is O=C(Cc1csc(NC(=O)c2ccccc2)n1)Nc1ccc(C(=O)NC2CC2)c(Cl)c1. The lowest BCUT2D eigenvalue weighted by Crippen LogP contribution is -2.25. The summed E-state index contributed by atoms with van der Waals surface area (Å²) < 4.78 is 0. The lowest BCUT2D eigenvalue weighted by atomic mass is 10.2. The van der Waals surface area contributed by atoms with Crippen molar-refractivity contribution in [2.75, 3.05) is 10.6 Å². The second-order valence-corrected chi connectivity index (χ2v) is 8.40. The molecular weight excluding hydrogens is 436 g/mol. The van der Waals surface area contributed by atoms with E-state index in [9.17, 15) is 14.4 Å². The molecule has 3 aromatic rings. The minimum Gasteiger partial charge on any atom is -0.349 e. The highest BCUT2D eigenvalue weighted by atomic mass is 35.5. The zero-order valence-electron chi connectivity index (χ0n) is 16.4. The standard InChI is InChI=1S/C22H19ClN4O3S/c23-18-10-15(8-9-17(18)21(30)25-14-6-7-14)24-19(28)11-16-12-31-22(26-16)27-20(29)13-4-2-1-3-5-13/h1-5,8-10,12,14H,6-7,11H2,(H,24,28)(H,25,30)(H,26,27,29). The van der Waals surface area contributed by atoms with Crippen molar-refractivity contribution in [3.05, 3.63) is 75.8 Å². The normalized spacial score (nSPS) is 12.8. The van der Waals surface area contributed by atoms with Gasteiger partial charge in [-0.2, -0.15) is 0 Å². The highest BCUT2D eigenvalue weighted by molar-refractivity contribution is 7.14. The highest BCUT2D eigenvalue weighted by Gasteiger charge is 2.24. The van der Waals surface area contributed by atoms with Gasteiger partial charge in [-0.1, -0.05) is 29.8 Å². The molecule has 0 unspecified atom stereocenters. The summed E-state index contributed by atoms with van der Waals surface area (Å²) in [5.74, 6) is -0.748. The van der Waals surface area contributed by atoms with Crippen LogP contribution in [0.5, 0.6) is 0 Å². The topological polar surface area (TPSA) is 100 Å². The number of halogens is 1. The number of carbonyl (C=O) groups is 3. The number of amides is 3. The molecule has 0 radical (unpaired) electrons. The van der Waals surface area contributed by atoms with Crippen molar-refractivity contribution >= 4 is 51.5 Å². The molecule has 1 aliphatic carbocycles. The monoisotopic (exact) mass is 454 g/mol. The van der Waals surface area contributed by atoms with E-state index in [1.807, 2.05) is 6.07 Å². The molecule has 2 aromatic carbocycles. The molecule has 0 bridgehead atoms. The van der Waals surface area contributed by atoms with Crippen molar-refractivity contribution in [2.45, 2.75) is 25.3 Å². The van der Waals surface area contributed by atoms with E-state index in [1.165, 1.54) is 11.3 Å². The molecule has 0 atom stereocenters. The molecule has 31 heavy (non-hydrogen) atoms. The molecule has 1 heterocycles. The first-order valence-corrected chi connectivity index (χ1v) is 10.9. The first kappa shape index (κ1) is 21.0. The van der Waals surface area contributed by atoms with Crippen LogP contribution in [0.1, 0.15) is 39.3 Å². The van der Waals surface area contributed by atoms with Gasteiger partial charge in [0.25, 0.3) is 11.8 Å². The lowest BCUT2D eigenvalue weighted by molar-refractivity contribution is -0.115. The summed E-state index contributed by atoms with van der Waals surface area (Å²) in [5.41, 5.74) is 1.94. The molecule has 4 rings (SSSR count). The predicted octanol–water partition coefficient (Wildman–Crippen LogP) is 4.12. The van der Waals surface area contributed by atoms with E-state index >= 15 is 0 Å². The molecule has 0 saturated heterocycles. The summed E-state index contributed by atoms with van der Waals surface area (Å²) in [6.07, 6.45) is 2.02. The molecule has 0 spiro atoms. The summed E-state index contributed by atoms with van der Waals surface area (Å²) in [6.45, 7) is 0. The molecule has 1 fully saturated rings. The number of benzene rings is 2. The summed E-state index contributed by atoms with van der Waals surface area (Å²) in [6, 6.07) is 13.8. The Morgan fingerprint density at radius 1 is 1.03 bits per heavy atom. The van der Waals surface area contributed by atoms with Crippen LogP contribution in [0.25, 0.3) is 0 Å². The maximum Gasteiger partial charge on any atom is 0.257 e. The van der Waals surface area contributed by atoms with E-state index in [1.54, 1.807) is 47.8 Å². The van der Waals surface area contributed by atoms with Crippen LogP contribution in [0.2, 0.25) is 5.02 Å². The van der Waals surface area contributed by atoms with Gasteiger partial charge in [-0.3, -0.25) is 19.7 Å². The number of nitrogens with zero attached hydrogens (tertiary/aromatic N) is 1. The van der Waals surface area contributed by atoms with Crippen molar-refractivity contribution in [1.82, 2.24) is 10.3 Å².